The molecule has 2 fully saturated rings. The highest BCUT2D eigenvalue weighted by Crippen LogP contribution is 2.58. The molecule has 52 heavy (non-hydrogen) atoms. The number of thiocarbonyl (C=S) groups is 1. The zero-order valence-electron chi connectivity index (χ0n) is 28.4. The van der Waals surface area contributed by atoms with E-state index in [0.29, 0.717) is 61.2 Å². The Balaban J connectivity index is 1.25. The maximum absolute atomic E-state index is 14.1. The molecule has 4 heterocycles. The number of fused-ring (bicyclic) bond motifs is 6. The Kier molecular flexibility index (Phi) is 9.50. The molecule has 7 rings (SSSR count). The number of anilines is 1. The highest BCUT2D eigenvalue weighted by molar-refractivity contribution is 7.80. The Morgan fingerprint density at radius 2 is 1.69 bits per heavy atom. The minimum Gasteiger partial charge on any atom is -0.508 e. The standard InChI is InChI=1S/C38H40N4O9S/c39-14-3-1-2-9-31(46)37(32(47)20-43)18-21(19-42(37)35(48)28-8-5-15-40-28)34(52)41-27-7-4-6-26-33(27)36(49)51-38(26)24-12-10-22(44)16-29(24)50-30-17-23(45)11-13-25(30)38/h4,6-7,10-13,16-17,21,28,40,43-45H,1-3,5,8-9,14-15,18-20,39H2,(H,41,52)/t21?,28-,37-/m0/s1. The molecule has 272 valence electrons. The number of phenolic OH excluding ortho intramolecular Hbond substituents is 2. The zero-order chi connectivity index (χ0) is 36.8. The van der Waals surface area contributed by atoms with Gasteiger partial charge in [-0.1, -0.05) is 30.8 Å². The summed E-state index contributed by atoms with van der Waals surface area (Å²) in [6, 6.07) is 13.5. The molecule has 13 nitrogen and oxygen atoms in total. The van der Waals surface area contributed by atoms with Crippen LogP contribution in [0.1, 0.15) is 72.0 Å². The number of nitrogens with zero attached hydrogens (tertiary/aromatic N) is 1. The number of unbranched alkanes of at least 4 members (excludes halogenated alkanes) is 2. The van der Waals surface area contributed by atoms with Gasteiger partial charge in [-0.3, -0.25) is 14.4 Å². The van der Waals surface area contributed by atoms with E-state index < -0.39 is 47.2 Å². The summed E-state index contributed by atoms with van der Waals surface area (Å²) in [4.78, 5) is 57.2. The maximum Gasteiger partial charge on any atom is 0.342 e. The van der Waals surface area contributed by atoms with Crippen molar-refractivity contribution in [1.82, 2.24) is 10.2 Å². The molecule has 4 aliphatic heterocycles. The van der Waals surface area contributed by atoms with E-state index in [0.717, 1.165) is 6.42 Å². The number of likely N-dealkylation sites (tertiary alicyclic amines) is 1. The number of benzene rings is 3. The van der Waals surface area contributed by atoms with Crippen molar-refractivity contribution in [3.8, 4) is 23.0 Å². The second kappa shape index (κ2) is 13.9. The number of aliphatic hydroxyl groups is 1. The van der Waals surface area contributed by atoms with Gasteiger partial charge >= 0.3 is 5.97 Å². The second-order valence-corrected chi connectivity index (χ2v) is 14.2. The first-order chi connectivity index (χ1) is 25.0. The molecule has 3 atom stereocenters. The fourth-order valence-corrected chi connectivity index (χ4v) is 8.43. The number of amides is 1. The first kappa shape index (κ1) is 35.5. The highest BCUT2D eigenvalue weighted by atomic mass is 32.1. The number of phenols is 2. The number of ketones is 2. The number of Topliss-reactive ketones (excluding diaryl/α,β-unsaturated/α-hetero) is 2. The number of esters is 1. The molecule has 0 bridgehead atoms. The van der Waals surface area contributed by atoms with Crippen LogP contribution >= 0.6 is 12.2 Å². The molecule has 14 heteroatoms. The van der Waals surface area contributed by atoms with Crippen LogP contribution in [0.25, 0.3) is 0 Å². The molecule has 7 N–H and O–H groups in total. The molecule has 4 aliphatic rings. The van der Waals surface area contributed by atoms with Crippen molar-refractivity contribution < 1.29 is 44.0 Å². The van der Waals surface area contributed by atoms with E-state index in [1.807, 2.05) is 0 Å². The maximum atomic E-state index is 14.1. The first-order valence-corrected chi connectivity index (χ1v) is 17.9. The predicted molar refractivity (Wildman–Crippen MR) is 192 cm³/mol. The predicted octanol–water partition coefficient (Wildman–Crippen LogP) is 3.39. The number of aliphatic hydroxyl groups excluding tert-OH is 1. The molecular weight excluding hydrogens is 689 g/mol. The second-order valence-electron chi connectivity index (χ2n) is 13.7. The van der Waals surface area contributed by atoms with Crippen LogP contribution in [0.3, 0.4) is 0 Å². The van der Waals surface area contributed by atoms with Crippen molar-refractivity contribution in [2.75, 3.05) is 31.6 Å². The summed E-state index contributed by atoms with van der Waals surface area (Å²) in [5.74, 6) is -2.61. The van der Waals surface area contributed by atoms with E-state index in [9.17, 15) is 34.5 Å². The van der Waals surface area contributed by atoms with E-state index in [1.54, 1.807) is 30.3 Å². The number of carbonyl (C=O) groups excluding carboxylic acids is 4. The Morgan fingerprint density at radius 1 is 0.981 bits per heavy atom. The van der Waals surface area contributed by atoms with Gasteiger partial charge in [0.1, 0.15) is 29.6 Å². The van der Waals surface area contributed by atoms with E-state index in [1.165, 1.54) is 29.2 Å². The van der Waals surface area contributed by atoms with Crippen molar-refractivity contribution in [3.05, 3.63) is 76.9 Å². The van der Waals surface area contributed by atoms with Gasteiger partial charge in [0.2, 0.25) is 5.91 Å². The molecule has 0 aromatic heterocycles. The summed E-state index contributed by atoms with van der Waals surface area (Å²) >= 11 is 5.93. The third kappa shape index (κ3) is 5.70. The van der Waals surface area contributed by atoms with Gasteiger partial charge in [0, 0.05) is 47.7 Å². The quantitative estimate of drug-likeness (QED) is 0.0727. The number of hydrogen-bond donors (Lipinski definition) is 6. The van der Waals surface area contributed by atoms with Gasteiger partial charge in [0.05, 0.1) is 22.3 Å². The summed E-state index contributed by atoms with van der Waals surface area (Å²) in [5, 5.41) is 37.1. The number of hydrogen-bond acceptors (Lipinski definition) is 12. The Morgan fingerprint density at radius 3 is 2.33 bits per heavy atom. The largest absolute Gasteiger partial charge is 0.508 e. The van der Waals surface area contributed by atoms with Gasteiger partial charge in [-0.2, -0.15) is 0 Å². The highest BCUT2D eigenvalue weighted by Gasteiger charge is 2.59. The van der Waals surface area contributed by atoms with Crippen molar-refractivity contribution in [1.29, 1.82) is 0 Å². The summed E-state index contributed by atoms with van der Waals surface area (Å²) in [7, 11) is 0. The van der Waals surface area contributed by atoms with Crippen molar-refractivity contribution >= 4 is 46.3 Å². The fraction of sp³-hybridized carbons (Fsp3) is 0.395. The fourth-order valence-electron chi connectivity index (χ4n) is 8.16. The number of rotatable bonds is 11. The Hall–Kier alpha value is -4.89. The van der Waals surface area contributed by atoms with Crippen molar-refractivity contribution in [2.45, 2.75) is 62.1 Å². The molecule has 0 radical (unpaired) electrons. The van der Waals surface area contributed by atoms with Gasteiger partial charge in [0.15, 0.2) is 22.7 Å². The number of ether oxygens (including phenoxy) is 2. The normalized spacial score (nSPS) is 22.3. The van der Waals surface area contributed by atoms with Gasteiger partial charge in [-0.25, -0.2) is 4.79 Å². The van der Waals surface area contributed by atoms with Crippen LogP contribution in [-0.2, 0) is 24.7 Å². The minimum atomic E-state index is -1.90. The number of carbonyl (C=O) groups is 4. The average molecular weight is 729 g/mol. The van der Waals surface area contributed by atoms with E-state index in [2.05, 4.69) is 10.6 Å². The Labute approximate surface area is 305 Å². The third-order valence-corrected chi connectivity index (χ3v) is 11.1. The van der Waals surface area contributed by atoms with E-state index in [4.69, 9.17) is 27.4 Å². The van der Waals surface area contributed by atoms with Crippen molar-refractivity contribution in [2.24, 2.45) is 11.7 Å². The van der Waals surface area contributed by atoms with Crippen LogP contribution in [0, 0.1) is 5.92 Å². The molecule has 2 saturated heterocycles. The van der Waals surface area contributed by atoms with Crippen LogP contribution in [0.5, 0.6) is 23.0 Å². The lowest BCUT2D eigenvalue weighted by Gasteiger charge is -2.37. The summed E-state index contributed by atoms with van der Waals surface area (Å²) in [6.07, 6.45) is 3.08. The zero-order valence-corrected chi connectivity index (χ0v) is 29.2. The molecule has 3 aromatic rings. The molecule has 1 amide bonds. The van der Waals surface area contributed by atoms with Gasteiger partial charge < -0.3 is 46.1 Å². The lowest BCUT2D eigenvalue weighted by atomic mass is 9.77. The number of nitrogens with one attached hydrogen (secondary N) is 2. The number of aromatic hydroxyl groups is 2. The van der Waals surface area contributed by atoms with Gasteiger partial charge in [-0.15, -0.1) is 0 Å². The van der Waals surface area contributed by atoms with Crippen molar-refractivity contribution in [3.63, 3.8) is 0 Å². The van der Waals surface area contributed by atoms with E-state index >= 15 is 0 Å². The van der Waals surface area contributed by atoms with Gasteiger partial charge in [-0.05, 0) is 75.5 Å². The molecule has 0 aliphatic carbocycles. The van der Waals surface area contributed by atoms with E-state index in [-0.39, 0.29) is 58.8 Å². The average Bonchev–Trinajstić information content (AvgIpc) is 3.88. The molecule has 1 spiro atoms. The lowest BCUT2D eigenvalue weighted by molar-refractivity contribution is -0.153. The summed E-state index contributed by atoms with van der Waals surface area (Å²) in [5.41, 5.74) is 4.10. The third-order valence-electron chi connectivity index (χ3n) is 10.6. The monoisotopic (exact) mass is 728 g/mol. The van der Waals surface area contributed by atoms with Gasteiger partial charge in [0.25, 0.3) is 0 Å². The smallest absolute Gasteiger partial charge is 0.342 e. The minimum absolute atomic E-state index is 0.0306. The molecule has 3 aromatic carbocycles. The molecule has 0 saturated carbocycles. The molecular formula is C38H40N4O9S. The topological polar surface area (TPSA) is 201 Å². The SMILES string of the molecule is NCCCCCC(=O)[C@]1(C(=O)CO)CC(C(=S)Nc2cccc3c2C(=O)OC32c3ccc(O)cc3Oc3cc(O)ccc32)CN1C(=O)[C@@H]1CCCN1. The molecule has 1 unspecified atom stereocenters. The van der Waals surface area contributed by atoms with Crippen LogP contribution in [0.2, 0.25) is 0 Å². The van der Waals surface area contributed by atoms with Crippen LogP contribution in [0.4, 0.5) is 5.69 Å². The Bertz CT molecular complexity index is 1930. The van der Waals surface area contributed by atoms with Crippen LogP contribution < -0.4 is 21.1 Å². The lowest BCUT2D eigenvalue weighted by Crippen LogP contribution is -2.62. The summed E-state index contributed by atoms with van der Waals surface area (Å²) in [6.45, 7) is 0.123. The van der Waals surface area contributed by atoms with Crippen LogP contribution in [0.15, 0.2) is 54.6 Å². The number of nitrogens with two attached hydrogens (primary N) is 1. The van der Waals surface area contributed by atoms with Crippen LogP contribution in [-0.4, -0.2) is 86.5 Å². The first-order valence-electron chi connectivity index (χ1n) is 17.5. The summed E-state index contributed by atoms with van der Waals surface area (Å²) < 4.78 is 12.3.